The van der Waals surface area contributed by atoms with Gasteiger partial charge >= 0.3 is 0 Å². The van der Waals surface area contributed by atoms with Crippen molar-refractivity contribution in [1.82, 2.24) is 10.6 Å². The average molecular weight is 586 g/mol. The Morgan fingerprint density at radius 3 is 1.62 bits per heavy atom. The van der Waals surface area contributed by atoms with E-state index in [4.69, 9.17) is 29.4 Å². The first-order chi connectivity index (χ1) is 18.8. The lowest BCUT2D eigenvalue weighted by molar-refractivity contribution is -0.357. The predicted octanol–water partition coefficient (Wildman–Crippen LogP) is -7.32. The van der Waals surface area contributed by atoms with Gasteiger partial charge in [-0.1, -0.05) is 0 Å². The molecule has 0 bridgehead atoms. The highest BCUT2D eigenvalue weighted by Crippen LogP contribution is 2.32. The first kappa shape index (κ1) is 32.9. The van der Waals surface area contributed by atoms with Crippen LogP contribution in [0, 0.1) is 0 Å². The van der Waals surface area contributed by atoms with E-state index in [1.54, 1.807) is 0 Å². The molecule has 3 aliphatic heterocycles. The van der Waals surface area contributed by atoms with Crippen molar-refractivity contribution in [2.24, 2.45) is 5.73 Å². The van der Waals surface area contributed by atoms with Gasteiger partial charge in [-0.15, -0.1) is 0 Å². The van der Waals surface area contributed by atoms with Gasteiger partial charge in [-0.2, -0.15) is 0 Å². The Balaban J connectivity index is 1.85. The van der Waals surface area contributed by atoms with Gasteiger partial charge in [0.1, 0.15) is 73.3 Å². The third-order valence-electron chi connectivity index (χ3n) is 6.96. The molecule has 3 aliphatic rings. The summed E-state index contributed by atoms with van der Waals surface area (Å²) in [6, 6.07) is -2.62. The fourth-order valence-electron chi connectivity index (χ4n) is 4.93. The molecule has 18 heteroatoms. The minimum atomic E-state index is -1.84. The topological polar surface area (TPSA) is 292 Å². The van der Waals surface area contributed by atoms with Crippen molar-refractivity contribution in [3.8, 4) is 0 Å². The number of nitrogens with two attached hydrogens (primary N) is 1. The fraction of sp³-hybridized carbons (Fsp3) is 0.909. The standard InChI is InChI=1S/C22H39N3O15/c1-6(29)24-11-14(32)18(9(4-27)36-20(11)23)39-21-12(25-7(2)30)15(33)19(10(5-28)38-21)40-22-17(35)16(34)13(31)8(3-26)37-22/h8-22,26-28,31-35H,3-5,23H2,1-2H3,(H,24,29)(H,25,30)/t8?,9?,10?,11?,12?,13-,14+,15+,16-,17?,18-,19-,20+,21-,22-/m0/s1. The number of carbonyl (C=O) groups is 2. The van der Waals surface area contributed by atoms with Crippen molar-refractivity contribution in [2.45, 2.75) is 106 Å². The molecule has 40 heavy (non-hydrogen) atoms. The molecule has 0 aliphatic carbocycles. The van der Waals surface area contributed by atoms with Crippen LogP contribution in [-0.4, -0.2) is 164 Å². The van der Waals surface area contributed by atoms with Gasteiger partial charge in [-0.25, -0.2) is 0 Å². The van der Waals surface area contributed by atoms with Crippen molar-refractivity contribution < 1.29 is 74.1 Å². The van der Waals surface area contributed by atoms with Crippen LogP contribution in [0.4, 0.5) is 0 Å². The van der Waals surface area contributed by atoms with Crippen molar-refractivity contribution in [3.05, 3.63) is 0 Å². The lowest BCUT2D eigenvalue weighted by Crippen LogP contribution is -2.71. The zero-order valence-corrected chi connectivity index (χ0v) is 21.8. The number of hydrogen-bond acceptors (Lipinski definition) is 16. The largest absolute Gasteiger partial charge is 0.394 e. The molecule has 0 spiro atoms. The Morgan fingerprint density at radius 1 is 0.650 bits per heavy atom. The van der Waals surface area contributed by atoms with Crippen LogP contribution in [0.15, 0.2) is 0 Å². The maximum atomic E-state index is 12.0. The number of aliphatic hydroxyl groups excluding tert-OH is 8. The minimum Gasteiger partial charge on any atom is -0.394 e. The molecule has 18 nitrogen and oxygen atoms in total. The summed E-state index contributed by atoms with van der Waals surface area (Å²) in [5.41, 5.74) is 5.87. The number of carbonyl (C=O) groups excluding carboxylic acids is 2. The van der Waals surface area contributed by atoms with Crippen LogP contribution in [0.5, 0.6) is 0 Å². The molecule has 15 atom stereocenters. The molecular formula is C22H39N3O15. The summed E-state index contributed by atoms with van der Waals surface area (Å²) in [4.78, 5) is 23.6. The smallest absolute Gasteiger partial charge is 0.217 e. The van der Waals surface area contributed by atoms with Crippen LogP contribution in [0.1, 0.15) is 13.8 Å². The molecule has 0 aromatic heterocycles. The van der Waals surface area contributed by atoms with Gasteiger partial charge in [-0.05, 0) is 0 Å². The zero-order chi connectivity index (χ0) is 29.9. The molecule has 0 aromatic rings. The summed E-state index contributed by atoms with van der Waals surface area (Å²) in [5.74, 6) is -1.20. The first-order valence-corrected chi connectivity index (χ1v) is 12.6. The normalized spacial score (nSPS) is 46.0. The number of hydrogen-bond donors (Lipinski definition) is 11. The Bertz CT molecular complexity index is 854. The Labute approximate surface area is 228 Å². The number of nitrogens with one attached hydrogen (secondary N) is 2. The SMILES string of the molecule is CC(=O)NC1[C@H](O[C@H]2C(CO)O[C@@H](N)C(NC(C)=O)[C@H]2O)OC(CO)[C@H](O[C@@H]2OC(CO)[C@H](O)[C@H](O)C2O)[C@@H]1O. The molecule has 3 rings (SSSR count). The van der Waals surface area contributed by atoms with E-state index < -0.39 is 124 Å². The fourth-order valence-corrected chi connectivity index (χ4v) is 4.93. The maximum absolute atomic E-state index is 12.0. The van der Waals surface area contributed by atoms with Crippen molar-refractivity contribution in [3.63, 3.8) is 0 Å². The second-order valence-electron chi connectivity index (χ2n) is 9.88. The summed E-state index contributed by atoms with van der Waals surface area (Å²) >= 11 is 0. The highest BCUT2D eigenvalue weighted by molar-refractivity contribution is 5.73. The van der Waals surface area contributed by atoms with Crippen LogP contribution < -0.4 is 16.4 Å². The number of aliphatic hydroxyl groups is 8. The van der Waals surface area contributed by atoms with E-state index >= 15 is 0 Å². The van der Waals surface area contributed by atoms with Crippen LogP contribution in [-0.2, 0) is 33.3 Å². The summed E-state index contributed by atoms with van der Waals surface area (Å²) in [7, 11) is 0. The lowest BCUT2D eigenvalue weighted by atomic mass is 9.93. The highest BCUT2D eigenvalue weighted by atomic mass is 16.7. The molecule has 6 unspecified atom stereocenters. The van der Waals surface area contributed by atoms with E-state index in [9.17, 15) is 50.4 Å². The third-order valence-corrected chi connectivity index (χ3v) is 6.96. The molecular weight excluding hydrogens is 546 g/mol. The van der Waals surface area contributed by atoms with Gasteiger partial charge in [-0.3, -0.25) is 9.59 Å². The monoisotopic (exact) mass is 585 g/mol. The molecule has 232 valence electrons. The van der Waals surface area contributed by atoms with Gasteiger partial charge < -0.3 is 80.9 Å². The van der Waals surface area contributed by atoms with Crippen LogP contribution in [0.2, 0.25) is 0 Å². The summed E-state index contributed by atoms with van der Waals surface area (Å²) in [5, 5.41) is 86.6. The van der Waals surface area contributed by atoms with E-state index in [-0.39, 0.29) is 0 Å². The third kappa shape index (κ3) is 7.05. The Morgan fingerprint density at radius 2 is 1.10 bits per heavy atom. The average Bonchev–Trinajstić information content (AvgIpc) is 2.90. The lowest BCUT2D eigenvalue weighted by Gasteiger charge is -2.49. The van der Waals surface area contributed by atoms with Crippen molar-refractivity contribution >= 4 is 11.8 Å². The van der Waals surface area contributed by atoms with Crippen molar-refractivity contribution in [1.29, 1.82) is 0 Å². The van der Waals surface area contributed by atoms with E-state index in [1.807, 2.05) is 0 Å². The molecule has 0 aromatic carbocycles. The van der Waals surface area contributed by atoms with E-state index in [0.29, 0.717) is 0 Å². The zero-order valence-electron chi connectivity index (χ0n) is 21.8. The van der Waals surface area contributed by atoms with E-state index in [0.717, 1.165) is 6.92 Å². The molecule has 3 saturated heterocycles. The van der Waals surface area contributed by atoms with Crippen LogP contribution >= 0.6 is 0 Å². The maximum Gasteiger partial charge on any atom is 0.217 e. The minimum absolute atomic E-state index is 0.543. The quantitative estimate of drug-likeness (QED) is 0.120. The van der Waals surface area contributed by atoms with Gasteiger partial charge in [0.05, 0.1) is 25.9 Å². The van der Waals surface area contributed by atoms with E-state index in [2.05, 4.69) is 10.6 Å². The second kappa shape index (κ2) is 14.0. The van der Waals surface area contributed by atoms with Gasteiger partial charge in [0.25, 0.3) is 0 Å². The molecule has 3 fully saturated rings. The summed E-state index contributed by atoms with van der Waals surface area (Å²) in [6.45, 7) is 0.0643. The molecule has 0 saturated carbocycles. The van der Waals surface area contributed by atoms with Gasteiger partial charge in [0.2, 0.25) is 11.8 Å². The molecule has 3 heterocycles. The number of rotatable bonds is 9. The summed E-state index contributed by atoms with van der Waals surface area (Å²) < 4.78 is 28.0. The number of amides is 2. The van der Waals surface area contributed by atoms with Crippen LogP contribution in [0.3, 0.4) is 0 Å². The van der Waals surface area contributed by atoms with E-state index in [1.165, 1.54) is 6.92 Å². The summed E-state index contributed by atoms with van der Waals surface area (Å²) in [6.07, 6.45) is -20.1. The van der Waals surface area contributed by atoms with Crippen molar-refractivity contribution in [2.75, 3.05) is 19.8 Å². The van der Waals surface area contributed by atoms with Crippen LogP contribution in [0.25, 0.3) is 0 Å². The molecule has 12 N–H and O–H groups in total. The molecule has 0 radical (unpaired) electrons. The molecule has 2 amide bonds. The Hall–Kier alpha value is -1.62. The van der Waals surface area contributed by atoms with Gasteiger partial charge in [0, 0.05) is 13.8 Å². The number of ether oxygens (including phenoxy) is 5. The second-order valence-corrected chi connectivity index (χ2v) is 9.88. The predicted molar refractivity (Wildman–Crippen MR) is 126 cm³/mol. The first-order valence-electron chi connectivity index (χ1n) is 12.6. The van der Waals surface area contributed by atoms with Gasteiger partial charge in [0.15, 0.2) is 12.6 Å². The highest BCUT2D eigenvalue weighted by Gasteiger charge is 2.53. The Kier molecular flexibility index (Phi) is 11.5.